The zero-order valence-corrected chi connectivity index (χ0v) is 11.3. The zero-order chi connectivity index (χ0) is 13.1. The molecule has 0 spiro atoms. The molecule has 1 unspecified atom stereocenters. The molecule has 18 heavy (non-hydrogen) atoms. The molecule has 1 aromatic heterocycles. The molecule has 2 rings (SSSR count). The highest BCUT2D eigenvalue weighted by atomic mass is 16.5. The number of hydrogen-bond acceptors (Lipinski definition) is 3. The van der Waals surface area contributed by atoms with Gasteiger partial charge in [0.05, 0.1) is 18.7 Å². The number of nitrogens with one attached hydrogen (secondary N) is 1. The summed E-state index contributed by atoms with van der Waals surface area (Å²) in [4.78, 5) is 0. The van der Waals surface area contributed by atoms with Gasteiger partial charge in [-0.05, 0) is 45.2 Å². The van der Waals surface area contributed by atoms with Gasteiger partial charge >= 0.3 is 0 Å². The fourth-order valence-electron chi connectivity index (χ4n) is 1.89. The number of benzene rings is 1. The monoisotopic (exact) mass is 245 g/mol. The fourth-order valence-corrected chi connectivity index (χ4v) is 1.89. The Kier molecular flexibility index (Phi) is 3.72. The quantitative estimate of drug-likeness (QED) is 0.894. The minimum atomic E-state index is 0.203. The van der Waals surface area contributed by atoms with Gasteiger partial charge in [-0.2, -0.15) is 0 Å². The van der Waals surface area contributed by atoms with Crippen molar-refractivity contribution in [3.8, 4) is 17.1 Å². The first-order valence-corrected chi connectivity index (χ1v) is 6.07. The molecule has 0 saturated carbocycles. The second kappa shape index (κ2) is 5.27. The van der Waals surface area contributed by atoms with Gasteiger partial charge in [0.1, 0.15) is 17.3 Å². The number of rotatable bonds is 4. The number of aryl methyl sites for hydroxylation is 1. The molecular formula is C15H19NO2. The topological polar surface area (TPSA) is 34.4 Å². The van der Waals surface area contributed by atoms with Crippen LogP contribution >= 0.6 is 0 Å². The largest absolute Gasteiger partial charge is 0.496 e. The van der Waals surface area contributed by atoms with Gasteiger partial charge in [0.2, 0.25) is 0 Å². The Morgan fingerprint density at radius 2 is 2.00 bits per heavy atom. The van der Waals surface area contributed by atoms with E-state index in [4.69, 9.17) is 9.15 Å². The third-order valence-electron chi connectivity index (χ3n) is 3.11. The van der Waals surface area contributed by atoms with Gasteiger partial charge in [-0.1, -0.05) is 11.6 Å². The molecule has 0 radical (unpaired) electrons. The molecule has 0 bridgehead atoms. The molecule has 0 amide bonds. The van der Waals surface area contributed by atoms with Crippen molar-refractivity contribution in [2.24, 2.45) is 0 Å². The van der Waals surface area contributed by atoms with Crippen LogP contribution < -0.4 is 10.1 Å². The summed E-state index contributed by atoms with van der Waals surface area (Å²) in [6.45, 7) is 4.12. The number of hydrogen-bond donors (Lipinski definition) is 1. The summed E-state index contributed by atoms with van der Waals surface area (Å²) in [5.41, 5.74) is 2.18. The van der Waals surface area contributed by atoms with Crippen LogP contribution in [-0.4, -0.2) is 14.2 Å². The molecule has 1 aromatic carbocycles. The summed E-state index contributed by atoms with van der Waals surface area (Å²) in [7, 11) is 3.59. The van der Waals surface area contributed by atoms with E-state index >= 15 is 0 Å². The van der Waals surface area contributed by atoms with Gasteiger partial charge in [0.15, 0.2) is 0 Å². The second-order valence-electron chi connectivity index (χ2n) is 4.42. The number of ether oxygens (including phenoxy) is 1. The maximum Gasteiger partial charge on any atom is 0.138 e. The minimum Gasteiger partial charge on any atom is -0.496 e. The summed E-state index contributed by atoms with van der Waals surface area (Å²) in [6, 6.07) is 10.3. The van der Waals surface area contributed by atoms with Crippen LogP contribution in [0.4, 0.5) is 0 Å². The van der Waals surface area contributed by atoms with Crippen molar-refractivity contribution in [2.75, 3.05) is 14.2 Å². The third-order valence-corrected chi connectivity index (χ3v) is 3.11. The highest BCUT2D eigenvalue weighted by Crippen LogP contribution is 2.33. The Morgan fingerprint density at radius 3 is 2.67 bits per heavy atom. The highest BCUT2D eigenvalue weighted by Gasteiger charge is 2.13. The summed E-state index contributed by atoms with van der Waals surface area (Å²) in [6.07, 6.45) is 0. The van der Waals surface area contributed by atoms with Crippen LogP contribution in [0.3, 0.4) is 0 Å². The first-order valence-electron chi connectivity index (χ1n) is 6.07. The van der Waals surface area contributed by atoms with E-state index < -0.39 is 0 Å². The summed E-state index contributed by atoms with van der Waals surface area (Å²) < 4.78 is 11.3. The zero-order valence-electron chi connectivity index (χ0n) is 11.3. The van der Waals surface area contributed by atoms with Crippen molar-refractivity contribution in [1.82, 2.24) is 5.32 Å². The van der Waals surface area contributed by atoms with Gasteiger partial charge in [0, 0.05) is 0 Å². The molecular weight excluding hydrogens is 226 g/mol. The molecule has 96 valence electrons. The third kappa shape index (κ3) is 2.41. The Hall–Kier alpha value is -1.74. The SMILES string of the molecule is CNC(C)c1ccc(-c2cc(C)ccc2OC)o1. The van der Waals surface area contributed by atoms with Crippen LogP contribution in [0.5, 0.6) is 5.75 Å². The molecule has 0 fully saturated rings. The lowest BCUT2D eigenvalue weighted by Crippen LogP contribution is -2.11. The van der Waals surface area contributed by atoms with Gasteiger partial charge < -0.3 is 14.5 Å². The van der Waals surface area contributed by atoms with Crippen LogP contribution in [-0.2, 0) is 0 Å². The van der Waals surface area contributed by atoms with E-state index in [1.54, 1.807) is 7.11 Å². The van der Waals surface area contributed by atoms with Gasteiger partial charge in [-0.3, -0.25) is 0 Å². The second-order valence-corrected chi connectivity index (χ2v) is 4.42. The van der Waals surface area contributed by atoms with Crippen LogP contribution in [0, 0.1) is 6.92 Å². The normalized spacial score (nSPS) is 12.4. The van der Waals surface area contributed by atoms with E-state index in [9.17, 15) is 0 Å². The molecule has 1 heterocycles. The van der Waals surface area contributed by atoms with E-state index in [-0.39, 0.29) is 6.04 Å². The molecule has 0 aliphatic carbocycles. The predicted octanol–water partition coefficient (Wildman–Crippen LogP) is 3.54. The molecule has 0 aliphatic rings. The summed E-state index contributed by atoms with van der Waals surface area (Å²) in [5.74, 6) is 2.60. The van der Waals surface area contributed by atoms with Crippen molar-refractivity contribution in [3.05, 3.63) is 41.7 Å². The van der Waals surface area contributed by atoms with Crippen molar-refractivity contribution >= 4 is 0 Å². The average molecular weight is 245 g/mol. The van der Waals surface area contributed by atoms with Crippen LogP contribution in [0.1, 0.15) is 24.3 Å². The van der Waals surface area contributed by atoms with E-state index in [1.807, 2.05) is 31.3 Å². The predicted molar refractivity (Wildman–Crippen MR) is 72.9 cm³/mol. The molecule has 0 saturated heterocycles. The lowest BCUT2D eigenvalue weighted by molar-refractivity contribution is 0.412. The Bertz CT molecular complexity index is 531. The first kappa shape index (κ1) is 12.7. The molecule has 2 aromatic rings. The standard InChI is InChI=1S/C15H19NO2/c1-10-5-6-14(17-4)12(9-10)15-8-7-13(18-15)11(2)16-3/h5-9,11,16H,1-4H3. The van der Waals surface area contributed by atoms with Gasteiger partial charge in [0.25, 0.3) is 0 Å². The smallest absolute Gasteiger partial charge is 0.138 e. The maximum absolute atomic E-state index is 5.88. The van der Waals surface area contributed by atoms with Crippen LogP contribution in [0.2, 0.25) is 0 Å². The Labute approximate surface area is 108 Å². The van der Waals surface area contributed by atoms with E-state index in [0.717, 1.165) is 22.8 Å². The first-order chi connectivity index (χ1) is 8.65. The molecule has 1 atom stereocenters. The lowest BCUT2D eigenvalue weighted by atomic mass is 10.1. The van der Waals surface area contributed by atoms with E-state index in [1.165, 1.54) is 5.56 Å². The van der Waals surface area contributed by atoms with Crippen molar-refractivity contribution < 1.29 is 9.15 Å². The maximum atomic E-state index is 5.88. The van der Waals surface area contributed by atoms with Gasteiger partial charge in [-0.15, -0.1) is 0 Å². The van der Waals surface area contributed by atoms with E-state index in [0.29, 0.717) is 0 Å². The van der Waals surface area contributed by atoms with Crippen molar-refractivity contribution in [2.45, 2.75) is 19.9 Å². The van der Waals surface area contributed by atoms with Gasteiger partial charge in [-0.25, -0.2) is 0 Å². The lowest BCUT2D eigenvalue weighted by Gasteiger charge is -2.08. The number of furan rings is 1. The van der Waals surface area contributed by atoms with Crippen LogP contribution in [0.25, 0.3) is 11.3 Å². The van der Waals surface area contributed by atoms with E-state index in [2.05, 4.69) is 25.2 Å². The Balaban J connectivity index is 2.42. The minimum absolute atomic E-state index is 0.203. The highest BCUT2D eigenvalue weighted by molar-refractivity contribution is 5.67. The number of methoxy groups -OCH3 is 1. The molecule has 3 heteroatoms. The van der Waals surface area contributed by atoms with Crippen LogP contribution in [0.15, 0.2) is 34.7 Å². The molecule has 0 aliphatic heterocycles. The van der Waals surface area contributed by atoms with Crippen molar-refractivity contribution in [1.29, 1.82) is 0 Å². The Morgan fingerprint density at radius 1 is 1.22 bits per heavy atom. The van der Waals surface area contributed by atoms with Crippen molar-refractivity contribution in [3.63, 3.8) is 0 Å². The summed E-state index contributed by atoms with van der Waals surface area (Å²) in [5, 5.41) is 3.16. The summed E-state index contributed by atoms with van der Waals surface area (Å²) >= 11 is 0. The fraction of sp³-hybridized carbons (Fsp3) is 0.333. The average Bonchev–Trinajstić information content (AvgIpc) is 2.87. The molecule has 1 N–H and O–H groups in total. The molecule has 3 nitrogen and oxygen atoms in total.